The maximum atomic E-state index is 13.2. The lowest BCUT2D eigenvalue weighted by Gasteiger charge is -2.42. The third-order valence-electron chi connectivity index (χ3n) is 9.07. The Labute approximate surface area is 187 Å². The van der Waals surface area contributed by atoms with Crippen molar-refractivity contribution >= 4 is 0 Å². The number of allylic oxidation sites excluding steroid dienone is 2. The maximum Gasteiger partial charge on any atom is 0.391 e. The Kier molecular flexibility index (Phi) is 8.06. The van der Waals surface area contributed by atoms with Crippen LogP contribution in [0.2, 0.25) is 0 Å². The van der Waals surface area contributed by atoms with Crippen LogP contribution in [0.15, 0.2) is 12.2 Å². The summed E-state index contributed by atoms with van der Waals surface area (Å²) >= 11 is 0. The van der Waals surface area contributed by atoms with Crippen LogP contribution in [0.4, 0.5) is 13.2 Å². The molecule has 0 amide bonds. The summed E-state index contributed by atoms with van der Waals surface area (Å²) in [7, 11) is 1.79. The Morgan fingerprint density at radius 2 is 1.77 bits per heavy atom. The molecule has 5 atom stereocenters. The van der Waals surface area contributed by atoms with E-state index in [0.717, 1.165) is 56.1 Å². The molecule has 2 nitrogen and oxygen atoms in total. The molecule has 4 aliphatic rings. The summed E-state index contributed by atoms with van der Waals surface area (Å²) in [5.41, 5.74) is 0. The smallest absolute Gasteiger partial charge is 0.385 e. The molecule has 4 unspecified atom stereocenters. The predicted octanol–water partition coefficient (Wildman–Crippen LogP) is 7.00. The van der Waals surface area contributed by atoms with Gasteiger partial charge in [0.2, 0.25) is 0 Å². The average Bonchev–Trinajstić information content (AvgIpc) is 3.14. The van der Waals surface area contributed by atoms with Crippen LogP contribution in [0.1, 0.15) is 83.5 Å². The van der Waals surface area contributed by atoms with E-state index in [1.807, 2.05) is 0 Å². The van der Waals surface area contributed by atoms with Gasteiger partial charge in [-0.3, -0.25) is 4.90 Å². The monoisotopic (exact) mass is 441 g/mol. The van der Waals surface area contributed by atoms with Gasteiger partial charge in [-0.1, -0.05) is 12.2 Å². The van der Waals surface area contributed by atoms with E-state index in [4.69, 9.17) is 4.74 Å². The van der Waals surface area contributed by atoms with Crippen molar-refractivity contribution in [3.05, 3.63) is 12.2 Å². The van der Waals surface area contributed by atoms with E-state index < -0.39 is 12.1 Å². The van der Waals surface area contributed by atoms with E-state index in [1.165, 1.54) is 51.4 Å². The number of hydrogen-bond donors (Lipinski definition) is 0. The molecule has 5 heteroatoms. The van der Waals surface area contributed by atoms with Crippen LogP contribution in [-0.4, -0.2) is 43.4 Å². The van der Waals surface area contributed by atoms with Gasteiger partial charge in [0.25, 0.3) is 0 Å². The highest BCUT2D eigenvalue weighted by atomic mass is 19.4. The number of fused-ring (bicyclic) bond motifs is 1. The number of ether oxygens (including phenoxy) is 1. The minimum Gasteiger partial charge on any atom is -0.385 e. The summed E-state index contributed by atoms with van der Waals surface area (Å²) in [6.07, 6.45) is 14.4. The Balaban J connectivity index is 1.39. The van der Waals surface area contributed by atoms with Gasteiger partial charge in [0.15, 0.2) is 0 Å². The van der Waals surface area contributed by atoms with Gasteiger partial charge >= 0.3 is 6.18 Å². The number of nitrogens with zero attached hydrogens (tertiary/aromatic N) is 1. The summed E-state index contributed by atoms with van der Waals surface area (Å²) in [4.78, 5) is 2.70. The minimum absolute atomic E-state index is 0.329. The van der Waals surface area contributed by atoms with Gasteiger partial charge in [-0.15, -0.1) is 0 Å². The highest BCUT2D eigenvalue weighted by Gasteiger charge is 2.49. The lowest BCUT2D eigenvalue weighted by atomic mass is 9.72. The first-order valence-electron chi connectivity index (χ1n) is 12.9. The van der Waals surface area contributed by atoms with E-state index in [9.17, 15) is 13.2 Å². The Morgan fingerprint density at radius 1 is 0.968 bits per heavy atom. The first-order valence-corrected chi connectivity index (χ1v) is 12.9. The van der Waals surface area contributed by atoms with E-state index in [1.54, 1.807) is 7.11 Å². The molecule has 0 N–H and O–H groups in total. The molecule has 2 saturated carbocycles. The molecule has 4 rings (SSSR count). The minimum atomic E-state index is -4.01. The van der Waals surface area contributed by atoms with E-state index >= 15 is 0 Å². The van der Waals surface area contributed by atoms with Crippen LogP contribution in [0.5, 0.6) is 0 Å². The second kappa shape index (κ2) is 10.6. The molecule has 0 aromatic heterocycles. The van der Waals surface area contributed by atoms with E-state index in [0.29, 0.717) is 24.9 Å². The molecule has 1 saturated heterocycles. The van der Waals surface area contributed by atoms with Gasteiger partial charge in [0.05, 0.1) is 5.92 Å². The summed E-state index contributed by atoms with van der Waals surface area (Å²) in [5.74, 6) is 1.91. The summed E-state index contributed by atoms with van der Waals surface area (Å²) in [6, 6.07) is 0.985. The van der Waals surface area contributed by atoms with Crippen LogP contribution in [0.3, 0.4) is 0 Å². The van der Waals surface area contributed by atoms with Crippen LogP contribution in [-0.2, 0) is 4.74 Å². The van der Waals surface area contributed by atoms with Gasteiger partial charge in [-0.05, 0) is 107 Å². The molecule has 1 aliphatic heterocycles. The highest BCUT2D eigenvalue weighted by molar-refractivity contribution is 5.01. The third-order valence-corrected chi connectivity index (χ3v) is 9.07. The third kappa shape index (κ3) is 5.88. The molecule has 31 heavy (non-hydrogen) atoms. The first kappa shape index (κ1) is 23.6. The molecule has 3 aliphatic carbocycles. The SMILES string of the molecule is COCCC1CC[C@@H]2C(C1)C(CCC1C=CCCC1)CN2C1CCC(C(F)(F)F)CC1. The van der Waals surface area contributed by atoms with Crippen molar-refractivity contribution in [2.24, 2.45) is 29.6 Å². The Morgan fingerprint density at radius 3 is 2.45 bits per heavy atom. The van der Waals surface area contributed by atoms with Gasteiger partial charge < -0.3 is 4.74 Å². The second-order valence-corrected chi connectivity index (χ2v) is 10.9. The van der Waals surface area contributed by atoms with Crippen LogP contribution in [0, 0.1) is 29.6 Å². The molecule has 0 bridgehead atoms. The zero-order valence-electron chi connectivity index (χ0n) is 19.3. The molecule has 0 aromatic carbocycles. The first-order chi connectivity index (χ1) is 15.0. The molecule has 1 heterocycles. The fourth-order valence-corrected chi connectivity index (χ4v) is 7.30. The van der Waals surface area contributed by atoms with E-state index in [2.05, 4.69) is 17.1 Å². The number of rotatable bonds is 7. The Hall–Kier alpha value is -0.550. The zero-order valence-corrected chi connectivity index (χ0v) is 19.3. The van der Waals surface area contributed by atoms with Crippen molar-refractivity contribution in [3.8, 4) is 0 Å². The standard InChI is InChI=1S/C26H42F3NO/c1-31-16-15-20-8-14-25-24(17-20)21(9-7-19-5-3-2-4-6-19)18-30(25)23-12-10-22(11-13-23)26(27,28)29/h3,5,19-25H,2,4,6-18H2,1H3/t19?,20?,21?,22?,23?,24?,25-/m1/s1. The second-order valence-electron chi connectivity index (χ2n) is 10.9. The fraction of sp³-hybridized carbons (Fsp3) is 0.923. The lowest BCUT2D eigenvalue weighted by Crippen LogP contribution is -2.45. The van der Waals surface area contributed by atoms with Crippen molar-refractivity contribution < 1.29 is 17.9 Å². The van der Waals surface area contributed by atoms with E-state index in [-0.39, 0.29) is 0 Å². The van der Waals surface area contributed by atoms with Crippen molar-refractivity contribution in [2.45, 2.75) is 102 Å². The van der Waals surface area contributed by atoms with Crippen molar-refractivity contribution in [2.75, 3.05) is 20.3 Å². The topological polar surface area (TPSA) is 12.5 Å². The molecule has 178 valence electrons. The number of likely N-dealkylation sites (tertiary alicyclic amines) is 1. The number of hydrogen-bond acceptors (Lipinski definition) is 2. The van der Waals surface area contributed by atoms with Crippen molar-refractivity contribution in [1.82, 2.24) is 4.90 Å². The fourth-order valence-electron chi connectivity index (χ4n) is 7.30. The van der Waals surface area contributed by atoms with Crippen LogP contribution < -0.4 is 0 Å². The largest absolute Gasteiger partial charge is 0.391 e. The summed E-state index contributed by atoms with van der Waals surface area (Å²) < 4.78 is 44.9. The van der Waals surface area contributed by atoms with Crippen molar-refractivity contribution in [1.29, 1.82) is 0 Å². The van der Waals surface area contributed by atoms with Crippen molar-refractivity contribution in [3.63, 3.8) is 0 Å². The average molecular weight is 442 g/mol. The molecular weight excluding hydrogens is 399 g/mol. The normalized spacial score (nSPS) is 39.5. The molecule has 0 aromatic rings. The van der Waals surface area contributed by atoms with Gasteiger partial charge in [0, 0.05) is 32.3 Å². The quantitative estimate of drug-likeness (QED) is 0.395. The predicted molar refractivity (Wildman–Crippen MR) is 119 cm³/mol. The molecule has 0 radical (unpaired) electrons. The number of alkyl halides is 3. The molecular formula is C26H42F3NO. The Bertz CT molecular complexity index is 584. The number of methoxy groups -OCH3 is 1. The van der Waals surface area contributed by atoms with Gasteiger partial charge in [-0.2, -0.15) is 13.2 Å². The summed E-state index contributed by atoms with van der Waals surface area (Å²) in [6.45, 7) is 1.98. The van der Waals surface area contributed by atoms with Crippen LogP contribution >= 0.6 is 0 Å². The van der Waals surface area contributed by atoms with Crippen LogP contribution in [0.25, 0.3) is 0 Å². The summed E-state index contributed by atoms with van der Waals surface area (Å²) in [5, 5.41) is 0. The van der Waals surface area contributed by atoms with Gasteiger partial charge in [0.1, 0.15) is 0 Å². The number of halogens is 3. The molecule has 3 fully saturated rings. The van der Waals surface area contributed by atoms with Gasteiger partial charge in [-0.25, -0.2) is 0 Å². The molecule has 0 spiro atoms. The highest BCUT2D eigenvalue weighted by Crippen LogP contribution is 2.48. The zero-order chi connectivity index (χ0) is 21.8. The lowest BCUT2D eigenvalue weighted by molar-refractivity contribution is -0.184. The maximum absolute atomic E-state index is 13.2.